The second kappa shape index (κ2) is 6.04. The molecule has 0 amide bonds. The van der Waals surface area contributed by atoms with Gasteiger partial charge in [-0.1, -0.05) is 0 Å². The van der Waals surface area contributed by atoms with Crippen molar-refractivity contribution < 1.29 is 9.84 Å². The molecule has 4 nitrogen and oxygen atoms in total. The fourth-order valence-electron chi connectivity index (χ4n) is 5.86. The molecule has 0 aromatic heterocycles. The molecule has 4 bridgehead atoms. The van der Waals surface area contributed by atoms with E-state index in [1.165, 1.54) is 38.5 Å². The average Bonchev–Trinajstić information content (AvgIpc) is 2.46. The minimum atomic E-state index is -0.323. The predicted octanol–water partition coefficient (Wildman–Crippen LogP) is 1.58. The van der Waals surface area contributed by atoms with E-state index in [0.717, 1.165) is 50.5 Å². The smallest absolute Gasteiger partial charge is 0.0900 e. The van der Waals surface area contributed by atoms with E-state index in [1.54, 1.807) is 0 Å². The largest absolute Gasteiger partial charge is 0.389 e. The molecule has 5 rings (SSSR count). The molecule has 126 valence electrons. The molecule has 1 saturated heterocycles. The van der Waals surface area contributed by atoms with Crippen LogP contribution in [0.1, 0.15) is 38.5 Å². The van der Waals surface area contributed by atoms with Crippen molar-refractivity contribution in [2.45, 2.75) is 50.2 Å². The maximum Gasteiger partial charge on any atom is 0.0900 e. The fraction of sp³-hybridized carbons (Fsp3) is 1.00. The van der Waals surface area contributed by atoms with Crippen molar-refractivity contribution in [2.75, 3.05) is 46.4 Å². The van der Waals surface area contributed by atoms with Crippen molar-refractivity contribution in [3.05, 3.63) is 0 Å². The number of hydrogen-bond acceptors (Lipinski definition) is 4. The molecule has 0 unspecified atom stereocenters. The first kappa shape index (κ1) is 15.4. The molecule has 4 aliphatic carbocycles. The second-order valence-electron chi connectivity index (χ2n) is 8.67. The third-order valence-corrected chi connectivity index (χ3v) is 6.63. The SMILES string of the molecule is CN1CCN(C[C@@H](O)COC23CC4CC(CC(C4)C2)C3)CC1. The van der Waals surface area contributed by atoms with Crippen molar-refractivity contribution in [1.29, 1.82) is 0 Å². The Morgan fingerprint density at radius 2 is 1.55 bits per heavy atom. The number of likely N-dealkylation sites (N-methyl/N-ethyl adjacent to an activating group) is 1. The van der Waals surface area contributed by atoms with Gasteiger partial charge in [-0.2, -0.15) is 0 Å². The van der Waals surface area contributed by atoms with Crippen LogP contribution < -0.4 is 0 Å². The topological polar surface area (TPSA) is 35.9 Å². The van der Waals surface area contributed by atoms with Crippen LogP contribution in [0.15, 0.2) is 0 Å². The number of hydrogen-bond donors (Lipinski definition) is 1. The van der Waals surface area contributed by atoms with Gasteiger partial charge in [0.15, 0.2) is 0 Å². The van der Waals surface area contributed by atoms with Crippen LogP contribution in [-0.2, 0) is 4.74 Å². The van der Waals surface area contributed by atoms with Crippen LogP contribution >= 0.6 is 0 Å². The Hall–Kier alpha value is -0.160. The first-order chi connectivity index (χ1) is 10.6. The van der Waals surface area contributed by atoms with E-state index in [9.17, 15) is 5.11 Å². The van der Waals surface area contributed by atoms with E-state index in [1.807, 2.05) is 0 Å². The standard InChI is InChI=1S/C18H32N2O2/c1-19-2-4-20(5-3-19)12-17(21)13-22-18-9-14-6-15(10-18)8-16(7-14)11-18/h14-17,21H,2-13H2,1H3/t14?,15?,16?,17-,18?/m1/s1. The summed E-state index contributed by atoms with van der Waals surface area (Å²) in [6.07, 6.45) is 7.82. The lowest BCUT2D eigenvalue weighted by atomic mass is 9.54. The summed E-state index contributed by atoms with van der Waals surface area (Å²) in [5, 5.41) is 10.4. The molecule has 0 radical (unpaired) electrons. The molecule has 0 aromatic carbocycles. The Balaban J connectivity index is 1.26. The van der Waals surface area contributed by atoms with Crippen molar-refractivity contribution >= 4 is 0 Å². The highest BCUT2D eigenvalue weighted by Crippen LogP contribution is 2.57. The van der Waals surface area contributed by atoms with Crippen LogP contribution in [0.3, 0.4) is 0 Å². The lowest BCUT2D eigenvalue weighted by molar-refractivity contribution is -0.176. The van der Waals surface area contributed by atoms with Gasteiger partial charge in [0.05, 0.1) is 18.3 Å². The van der Waals surface area contributed by atoms with E-state index in [-0.39, 0.29) is 11.7 Å². The predicted molar refractivity (Wildman–Crippen MR) is 86.8 cm³/mol. The van der Waals surface area contributed by atoms with Gasteiger partial charge in [-0.3, -0.25) is 4.90 Å². The van der Waals surface area contributed by atoms with E-state index < -0.39 is 0 Å². The number of β-amino-alcohol motifs (C(OH)–C–C–N with tert-alkyl or cyclic N) is 1. The van der Waals surface area contributed by atoms with Crippen molar-refractivity contribution in [1.82, 2.24) is 9.80 Å². The van der Waals surface area contributed by atoms with E-state index >= 15 is 0 Å². The van der Waals surface area contributed by atoms with Crippen LogP contribution in [0, 0.1) is 17.8 Å². The Morgan fingerprint density at radius 3 is 2.09 bits per heavy atom. The summed E-state index contributed by atoms with van der Waals surface area (Å²) >= 11 is 0. The minimum absolute atomic E-state index is 0.137. The quantitative estimate of drug-likeness (QED) is 0.836. The van der Waals surface area contributed by atoms with Crippen LogP contribution in [-0.4, -0.2) is 73.0 Å². The van der Waals surface area contributed by atoms with Gasteiger partial charge in [0, 0.05) is 32.7 Å². The first-order valence-corrected chi connectivity index (χ1v) is 9.33. The van der Waals surface area contributed by atoms with Crippen molar-refractivity contribution in [2.24, 2.45) is 17.8 Å². The Morgan fingerprint density at radius 1 is 1.00 bits per heavy atom. The Kier molecular flexibility index (Phi) is 4.22. The molecule has 0 spiro atoms. The second-order valence-corrected chi connectivity index (χ2v) is 8.67. The molecule has 1 N–H and O–H groups in total. The molecule has 4 heteroatoms. The third kappa shape index (κ3) is 3.21. The summed E-state index contributed by atoms with van der Waals surface area (Å²) in [7, 11) is 2.17. The highest BCUT2D eigenvalue weighted by atomic mass is 16.5. The maximum atomic E-state index is 10.4. The van der Waals surface area contributed by atoms with Gasteiger partial charge in [0.1, 0.15) is 0 Å². The lowest BCUT2D eigenvalue weighted by Gasteiger charge is -2.56. The number of aliphatic hydroxyl groups excluding tert-OH is 1. The number of ether oxygens (including phenoxy) is 1. The molecule has 5 fully saturated rings. The minimum Gasteiger partial charge on any atom is -0.389 e. The van der Waals surface area contributed by atoms with Crippen LogP contribution in [0.2, 0.25) is 0 Å². The van der Waals surface area contributed by atoms with E-state index in [0.29, 0.717) is 6.61 Å². The summed E-state index contributed by atoms with van der Waals surface area (Å²) in [5.74, 6) is 2.75. The molecule has 1 heterocycles. The molecule has 1 atom stereocenters. The first-order valence-electron chi connectivity index (χ1n) is 9.33. The number of piperazine rings is 1. The van der Waals surface area contributed by atoms with Crippen LogP contribution in [0.4, 0.5) is 0 Å². The van der Waals surface area contributed by atoms with Gasteiger partial charge >= 0.3 is 0 Å². The zero-order valence-corrected chi connectivity index (χ0v) is 14.0. The summed E-state index contributed by atoms with van der Waals surface area (Å²) < 4.78 is 6.38. The zero-order valence-electron chi connectivity index (χ0n) is 14.0. The average molecular weight is 308 g/mol. The van der Waals surface area contributed by atoms with Gasteiger partial charge in [0.2, 0.25) is 0 Å². The highest BCUT2D eigenvalue weighted by Gasteiger charge is 2.51. The molecule has 5 aliphatic rings. The fourth-order valence-corrected chi connectivity index (χ4v) is 5.86. The van der Waals surface area contributed by atoms with Gasteiger partial charge < -0.3 is 14.7 Å². The van der Waals surface area contributed by atoms with Gasteiger partial charge in [-0.15, -0.1) is 0 Å². The van der Waals surface area contributed by atoms with Crippen LogP contribution in [0.25, 0.3) is 0 Å². The molecule has 0 aromatic rings. The Labute approximate surface area is 134 Å². The molecule has 22 heavy (non-hydrogen) atoms. The molecule has 1 aliphatic heterocycles. The molecular weight excluding hydrogens is 276 g/mol. The monoisotopic (exact) mass is 308 g/mol. The van der Waals surface area contributed by atoms with Gasteiger partial charge in [-0.25, -0.2) is 0 Å². The number of aliphatic hydroxyl groups is 1. The number of nitrogens with zero attached hydrogens (tertiary/aromatic N) is 2. The van der Waals surface area contributed by atoms with E-state index in [2.05, 4.69) is 16.8 Å². The number of rotatable bonds is 5. The molecular formula is C18H32N2O2. The summed E-state index contributed by atoms with van der Waals surface area (Å²) in [6, 6.07) is 0. The third-order valence-electron chi connectivity index (χ3n) is 6.63. The summed E-state index contributed by atoms with van der Waals surface area (Å²) in [6.45, 7) is 5.69. The van der Waals surface area contributed by atoms with Gasteiger partial charge in [-0.05, 0) is 63.3 Å². The van der Waals surface area contributed by atoms with Gasteiger partial charge in [0.25, 0.3) is 0 Å². The summed E-state index contributed by atoms with van der Waals surface area (Å²) in [5.41, 5.74) is 0.137. The van der Waals surface area contributed by atoms with Crippen molar-refractivity contribution in [3.63, 3.8) is 0 Å². The van der Waals surface area contributed by atoms with E-state index in [4.69, 9.17) is 4.74 Å². The van der Waals surface area contributed by atoms with Crippen LogP contribution in [0.5, 0.6) is 0 Å². The maximum absolute atomic E-state index is 10.4. The normalized spacial score (nSPS) is 43.6. The molecule has 4 saturated carbocycles. The Bertz CT molecular complexity index is 357. The van der Waals surface area contributed by atoms with Crippen molar-refractivity contribution in [3.8, 4) is 0 Å². The highest BCUT2D eigenvalue weighted by molar-refractivity contribution is 5.03. The zero-order chi connectivity index (χ0) is 15.2. The lowest BCUT2D eigenvalue weighted by Crippen LogP contribution is -2.53. The summed E-state index contributed by atoms with van der Waals surface area (Å²) in [4.78, 5) is 4.74.